The van der Waals surface area contributed by atoms with Crippen LogP contribution in [0.15, 0.2) is 57.4 Å². The second-order valence-electron chi connectivity index (χ2n) is 6.63. The number of carbonyl (C=O) groups excluding carboxylic acids is 2. The van der Waals surface area contributed by atoms with Gasteiger partial charge in [-0.15, -0.1) is 11.3 Å². The van der Waals surface area contributed by atoms with Crippen LogP contribution >= 0.6 is 11.3 Å². The fraction of sp³-hybridized carbons (Fsp3) is 0.190. The zero-order valence-electron chi connectivity index (χ0n) is 15.8. The van der Waals surface area contributed by atoms with Crippen molar-refractivity contribution >= 4 is 34.6 Å². The lowest BCUT2D eigenvalue weighted by Gasteiger charge is -2.13. The summed E-state index contributed by atoms with van der Waals surface area (Å²) in [5, 5.41) is 6.17. The fourth-order valence-electron chi connectivity index (χ4n) is 3.28. The van der Waals surface area contributed by atoms with E-state index in [0.29, 0.717) is 11.3 Å². The minimum absolute atomic E-state index is 0.245. The molecule has 2 amide bonds. The Morgan fingerprint density at radius 3 is 2.66 bits per heavy atom. The summed E-state index contributed by atoms with van der Waals surface area (Å²) in [5.74, 6) is 0.369. The number of fused-ring (bicyclic) bond motifs is 1. The van der Waals surface area contributed by atoms with Crippen molar-refractivity contribution in [1.82, 2.24) is 10.9 Å². The van der Waals surface area contributed by atoms with Gasteiger partial charge in [-0.1, -0.05) is 24.3 Å². The number of thiophene rings is 1. The monoisotopic (exact) mass is 408 g/mol. The van der Waals surface area contributed by atoms with Crippen molar-refractivity contribution < 1.29 is 14.0 Å². The van der Waals surface area contributed by atoms with E-state index in [1.807, 2.05) is 48.7 Å². The molecular weight excluding hydrogens is 388 g/mol. The van der Waals surface area contributed by atoms with Crippen LogP contribution < -0.4 is 16.3 Å². The highest BCUT2D eigenvalue weighted by molar-refractivity contribution is 7.12. The maximum atomic E-state index is 12.6. The minimum Gasteiger partial charge on any atom is -0.455 e. The van der Waals surface area contributed by atoms with Gasteiger partial charge in [0.1, 0.15) is 5.76 Å². The summed E-state index contributed by atoms with van der Waals surface area (Å²) in [7, 11) is 0. The number of hydrogen-bond donors (Lipinski definition) is 3. The van der Waals surface area contributed by atoms with E-state index < -0.39 is 0 Å². The molecule has 1 aromatic carbocycles. The van der Waals surface area contributed by atoms with Gasteiger partial charge in [0.25, 0.3) is 5.91 Å². The predicted octanol–water partition coefficient (Wildman–Crippen LogP) is 3.88. The molecule has 1 aliphatic rings. The van der Waals surface area contributed by atoms with Gasteiger partial charge in [-0.05, 0) is 43.3 Å². The maximum Gasteiger partial charge on any atom is 0.305 e. The molecule has 2 aromatic heterocycles. The third-order valence-corrected chi connectivity index (χ3v) is 5.53. The molecule has 3 N–H and O–H groups in total. The van der Waals surface area contributed by atoms with Gasteiger partial charge in [-0.2, -0.15) is 5.10 Å². The standard InChI is InChI=1S/C21H20N4O3S/c1-13-18-15(23-24-20(26)17-11-6-12-29-17)9-5-10-16(18)28-19(13)21(27)25-22-14-7-3-2-4-8-14/h2-4,6-8,11-12,22H,5,9-10H2,1H3,(H,24,26)(H,25,27)/b23-15+. The lowest BCUT2D eigenvalue weighted by Crippen LogP contribution is -2.29. The second-order valence-corrected chi connectivity index (χ2v) is 7.58. The molecule has 0 fully saturated rings. The third-order valence-electron chi connectivity index (χ3n) is 4.66. The Morgan fingerprint density at radius 1 is 1.07 bits per heavy atom. The Kier molecular flexibility index (Phi) is 5.44. The average Bonchev–Trinajstić information content (AvgIpc) is 3.40. The van der Waals surface area contributed by atoms with Gasteiger partial charge in [0.05, 0.1) is 16.3 Å². The van der Waals surface area contributed by atoms with E-state index in [0.717, 1.165) is 41.1 Å². The largest absolute Gasteiger partial charge is 0.455 e. The molecule has 8 heteroatoms. The normalized spacial score (nSPS) is 14.3. The Balaban J connectivity index is 1.52. The third kappa shape index (κ3) is 4.07. The molecule has 29 heavy (non-hydrogen) atoms. The summed E-state index contributed by atoms with van der Waals surface area (Å²) in [4.78, 5) is 25.4. The van der Waals surface area contributed by atoms with Crippen LogP contribution in [0.2, 0.25) is 0 Å². The molecule has 7 nitrogen and oxygen atoms in total. The van der Waals surface area contributed by atoms with E-state index in [9.17, 15) is 9.59 Å². The Labute approximate surface area is 171 Å². The number of carbonyl (C=O) groups is 2. The number of nitrogens with one attached hydrogen (secondary N) is 3. The van der Waals surface area contributed by atoms with E-state index in [1.54, 1.807) is 6.07 Å². The SMILES string of the molecule is Cc1c(C(=O)NNc2ccccc2)oc2c1/C(=N/NC(=O)c1cccs1)CCC2. The number of rotatable bonds is 5. The quantitative estimate of drug-likeness (QED) is 0.558. The van der Waals surface area contributed by atoms with Gasteiger partial charge in [-0.25, -0.2) is 5.43 Å². The topological polar surface area (TPSA) is 95.7 Å². The van der Waals surface area contributed by atoms with Crippen molar-refractivity contribution in [1.29, 1.82) is 0 Å². The van der Waals surface area contributed by atoms with Gasteiger partial charge >= 0.3 is 5.91 Å². The number of amides is 2. The number of nitrogens with zero attached hydrogens (tertiary/aromatic N) is 1. The van der Waals surface area contributed by atoms with Crippen LogP contribution in [0, 0.1) is 6.92 Å². The van der Waals surface area contributed by atoms with E-state index in [2.05, 4.69) is 21.4 Å². The molecule has 3 aromatic rings. The molecule has 0 atom stereocenters. The summed E-state index contributed by atoms with van der Waals surface area (Å²) in [6.45, 7) is 1.84. The number of furan rings is 1. The molecule has 2 heterocycles. The van der Waals surface area contributed by atoms with Crippen LogP contribution in [-0.4, -0.2) is 17.5 Å². The summed E-state index contributed by atoms with van der Waals surface area (Å²) in [6, 6.07) is 12.9. The highest BCUT2D eigenvalue weighted by Gasteiger charge is 2.28. The van der Waals surface area contributed by atoms with E-state index in [4.69, 9.17) is 4.42 Å². The first-order chi connectivity index (χ1) is 14.1. The lowest BCUT2D eigenvalue weighted by atomic mass is 9.93. The van der Waals surface area contributed by atoms with Crippen LogP contribution in [0.5, 0.6) is 0 Å². The van der Waals surface area contributed by atoms with Gasteiger partial charge in [0.2, 0.25) is 0 Å². The van der Waals surface area contributed by atoms with Crippen LogP contribution in [0.3, 0.4) is 0 Å². The van der Waals surface area contributed by atoms with Crippen LogP contribution in [0.1, 0.15) is 50.0 Å². The van der Waals surface area contributed by atoms with E-state index in [1.165, 1.54) is 11.3 Å². The number of hydrazine groups is 1. The van der Waals surface area contributed by atoms with Crippen LogP contribution in [-0.2, 0) is 6.42 Å². The van der Waals surface area contributed by atoms with Gasteiger partial charge in [0.15, 0.2) is 5.76 Å². The second kappa shape index (κ2) is 8.32. The number of aryl methyl sites for hydroxylation is 1. The van der Waals surface area contributed by atoms with Crippen molar-refractivity contribution in [2.45, 2.75) is 26.2 Å². The van der Waals surface area contributed by atoms with Crippen molar-refractivity contribution in [3.63, 3.8) is 0 Å². The maximum absolute atomic E-state index is 12.6. The molecule has 0 saturated heterocycles. The average molecular weight is 408 g/mol. The number of hydrogen-bond acceptors (Lipinski definition) is 6. The number of hydrazone groups is 1. The molecule has 0 unspecified atom stereocenters. The molecule has 0 aliphatic heterocycles. The molecule has 1 aliphatic carbocycles. The first-order valence-electron chi connectivity index (χ1n) is 9.28. The van der Waals surface area contributed by atoms with E-state index >= 15 is 0 Å². The van der Waals surface area contributed by atoms with Crippen LogP contribution in [0.4, 0.5) is 5.69 Å². The Hall–Kier alpha value is -3.39. The van der Waals surface area contributed by atoms with Crippen molar-refractivity contribution in [2.24, 2.45) is 5.10 Å². The zero-order chi connectivity index (χ0) is 20.2. The predicted molar refractivity (Wildman–Crippen MR) is 112 cm³/mol. The number of benzene rings is 1. The molecular formula is C21H20N4O3S. The summed E-state index contributed by atoms with van der Waals surface area (Å²) >= 11 is 1.36. The van der Waals surface area contributed by atoms with E-state index in [-0.39, 0.29) is 17.6 Å². The Bertz CT molecular complexity index is 1060. The van der Waals surface area contributed by atoms with Crippen molar-refractivity contribution in [3.05, 3.63) is 75.4 Å². The molecule has 0 bridgehead atoms. The highest BCUT2D eigenvalue weighted by atomic mass is 32.1. The van der Waals surface area contributed by atoms with Gasteiger partial charge in [0, 0.05) is 17.5 Å². The van der Waals surface area contributed by atoms with Gasteiger partial charge in [-0.3, -0.25) is 20.4 Å². The molecule has 0 radical (unpaired) electrons. The summed E-state index contributed by atoms with van der Waals surface area (Å²) in [5.41, 5.74) is 11.2. The van der Waals surface area contributed by atoms with Gasteiger partial charge < -0.3 is 4.42 Å². The summed E-state index contributed by atoms with van der Waals surface area (Å²) < 4.78 is 5.85. The Morgan fingerprint density at radius 2 is 1.90 bits per heavy atom. The minimum atomic E-state index is -0.359. The molecule has 0 spiro atoms. The van der Waals surface area contributed by atoms with Crippen LogP contribution in [0.25, 0.3) is 0 Å². The smallest absolute Gasteiger partial charge is 0.305 e. The molecule has 0 saturated carbocycles. The first-order valence-corrected chi connectivity index (χ1v) is 10.2. The first kappa shape index (κ1) is 18.9. The fourth-order valence-corrected chi connectivity index (χ4v) is 3.90. The zero-order valence-corrected chi connectivity index (χ0v) is 16.6. The molecule has 4 rings (SSSR count). The van der Waals surface area contributed by atoms with Crippen molar-refractivity contribution in [2.75, 3.05) is 5.43 Å². The highest BCUT2D eigenvalue weighted by Crippen LogP contribution is 2.30. The van der Waals surface area contributed by atoms with Crippen molar-refractivity contribution in [3.8, 4) is 0 Å². The summed E-state index contributed by atoms with van der Waals surface area (Å²) in [6.07, 6.45) is 2.28. The molecule has 148 valence electrons. The number of para-hydroxylation sites is 1. The lowest BCUT2D eigenvalue weighted by molar-refractivity contribution is 0.0930. The number of anilines is 1.